The van der Waals surface area contributed by atoms with Crippen molar-refractivity contribution in [3.8, 4) is 0 Å². The fourth-order valence-electron chi connectivity index (χ4n) is 3.92. The molecule has 5 nitrogen and oxygen atoms in total. The lowest BCUT2D eigenvalue weighted by molar-refractivity contribution is 0.0927. The molecule has 27 heavy (non-hydrogen) atoms. The number of fused-ring (bicyclic) bond motifs is 1. The number of furan rings is 1. The minimum atomic E-state index is -0.0178. The normalized spacial score (nSPS) is 19.0. The first-order chi connectivity index (χ1) is 12.2. The van der Waals surface area contributed by atoms with Crippen LogP contribution in [0.3, 0.4) is 0 Å². The molecule has 0 aliphatic carbocycles. The number of anilines is 1. The summed E-state index contributed by atoms with van der Waals surface area (Å²) >= 11 is 0. The van der Waals surface area contributed by atoms with Crippen LogP contribution in [0, 0.1) is 0 Å². The average molecular weight is 412 g/mol. The summed E-state index contributed by atoms with van der Waals surface area (Å²) in [7, 11) is 0. The van der Waals surface area contributed by atoms with Crippen LogP contribution < -0.4 is 15.5 Å². The molecule has 1 atom stereocenters. The van der Waals surface area contributed by atoms with E-state index in [-0.39, 0.29) is 36.8 Å². The molecule has 1 saturated heterocycles. The van der Waals surface area contributed by atoms with Crippen molar-refractivity contribution in [1.82, 2.24) is 10.6 Å². The van der Waals surface area contributed by atoms with Gasteiger partial charge in [-0.3, -0.25) is 4.79 Å². The number of para-hydroxylation sites is 1. The van der Waals surface area contributed by atoms with Gasteiger partial charge in [0.1, 0.15) is 5.76 Å². The van der Waals surface area contributed by atoms with Crippen LogP contribution in [0.25, 0.3) is 0 Å². The van der Waals surface area contributed by atoms with Crippen molar-refractivity contribution in [3.05, 3.63) is 53.5 Å². The third-order valence-electron chi connectivity index (χ3n) is 5.33. The molecule has 4 rings (SSSR count). The molecule has 7 heteroatoms. The first-order valence-electron chi connectivity index (χ1n) is 9.15. The number of amides is 1. The Balaban J connectivity index is 0.00000131. The molecule has 1 aromatic carbocycles. The highest BCUT2D eigenvalue weighted by Crippen LogP contribution is 2.33. The molecule has 2 aliphatic heterocycles. The van der Waals surface area contributed by atoms with E-state index in [1.807, 2.05) is 0 Å². The number of nitrogens with zero attached hydrogens (tertiary/aromatic N) is 1. The highest BCUT2D eigenvalue weighted by Gasteiger charge is 2.28. The van der Waals surface area contributed by atoms with Crippen molar-refractivity contribution in [2.45, 2.75) is 44.8 Å². The van der Waals surface area contributed by atoms with Crippen LogP contribution in [0.15, 0.2) is 41.0 Å². The summed E-state index contributed by atoms with van der Waals surface area (Å²) in [5.74, 6) is 0.728. The van der Waals surface area contributed by atoms with Crippen LogP contribution in [0.5, 0.6) is 0 Å². The van der Waals surface area contributed by atoms with Crippen LogP contribution >= 0.6 is 24.8 Å². The van der Waals surface area contributed by atoms with Crippen LogP contribution in [0.2, 0.25) is 0 Å². The maximum absolute atomic E-state index is 12.7. The van der Waals surface area contributed by atoms with Gasteiger partial charge in [-0.2, -0.15) is 0 Å². The van der Waals surface area contributed by atoms with Crippen LogP contribution in [-0.2, 0) is 13.0 Å². The van der Waals surface area contributed by atoms with Gasteiger partial charge in [0.15, 0.2) is 0 Å². The molecular weight excluding hydrogens is 385 g/mol. The van der Waals surface area contributed by atoms with E-state index in [2.05, 4.69) is 46.7 Å². The molecule has 1 aromatic heterocycles. The number of carbonyl (C=O) groups is 1. The Hall–Kier alpha value is -1.69. The van der Waals surface area contributed by atoms with Gasteiger partial charge < -0.3 is 20.0 Å². The summed E-state index contributed by atoms with van der Waals surface area (Å²) in [4.78, 5) is 15.0. The van der Waals surface area contributed by atoms with Crippen LogP contribution in [0.1, 0.15) is 41.4 Å². The van der Waals surface area contributed by atoms with E-state index >= 15 is 0 Å². The zero-order valence-corrected chi connectivity index (χ0v) is 17.1. The van der Waals surface area contributed by atoms with Crippen LogP contribution in [-0.4, -0.2) is 31.1 Å². The molecule has 2 aliphatic rings. The zero-order valence-electron chi connectivity index (χ0n) is 15.4. The number of benzene rings is 1. The van der Waals surface area contributed by atoms with Gasteiger partial charge in [0.25, 0.3) is 5.91 Å². The molecule has 1 fully saturated rings. The Kier molecular flexibility index (Phi) is 7.59. The fourth-order valence-corrected chi connectivity index (χ4v) is 3.92. The summed E-state index contributed by atoms with van der Waals surface area (Å²) < 4.78 is 5.69. The topological polar surface area (TPSA) is 57.5 Å². The smallest absolute Gasteiger partial charge is 0.255 e. The third-order valence-corrected chi connectivity index (χ3v) is 5.33. The molecule has 0 saturated carbocycles. The van der Waals surface area contributed by atoms with Gasteiger partial charge in [-0.1, -0.05) is 18.2 Å². The molecular formula is C20H27Cl2N3O2. The second-order valence-electron chi connectivity index (χ2n) is 7.06. The van der Waals surface area contributed by atoms with Crippen molar-refractivity contribution in [3.63, 3.8) is 0 Å². The molecule has 0 bridgehead atoms. The predicted octanol–water partition coefficient (Wildman–Crippen LogP) is 3.56. The second-order valence-corrected chi connectivity index (χ2v) is 7.06. The molecule has 0 spiro atoms. The monoisotopic (exact) mass is 411 g/mol. The number of halogens is 2. The van der Waals surface area contributed by atoms with E-state index in [9.17, 15) is 4.79 Å². The van der Waals surface area contributed by atoms with Gasteiger partial charge >= 0.3 is 0 Å². The Morgan fingerprint density at radius 2 is 1.96 bits per heavy atom. The van der Waals surface area contributed by atoms with Gasteiger partial charge in [0, 0.05) is 17.8 Å². The Morgan fingerprint density at radius 1 is 1.22 bits per heavy atom. The average Bonchev–Trinajstić information content (AvgIpc) is 3.21. The summed E-state index contributed by atoms with van der Waals surface area (Å²) in [6.45, 7) is 4.77. The summed E-state index contributed by atoms with van der Waals surface area (Å²) in [5.41, 5.74) is 3.27. The quantitative estimate of drug-likeness (QED) is 0.807. The highest BCUT2D eigenvalue weighted by molar-refractivity contribution is 5.95. The van der Waals surface area contributed by atoms with Crippen molar-refractivity contribution in [2.24, 2.45) is 0 Å². The highest BCUT2D eigenvalue weighted by atomic mass is 35.5. The standard InChI is InChI=1S/C20H25N3O2.2ClH/c1-14-12-15-4-2-3-5-18(15)23(14)13-19-17(8-11-25-19)20(24)22-16-6-9-21-10-7-16;;/h2-5,8,11,14,16,21H,6-7,9-10,12-13H2,1H3,(H,22,24);2*1H. The molecule has 1 amide bonds. The lowest BCUT2D eigenvalue weighted by atomic mass is 10.1. The van der Waals surface area contributed by atoms with E-state index in [0.717, 1.165) is 38.1 Å². The number of hydrogen-bond donors (Lipinski definition) is 2. The molecule has 148 valence electrons. The number of rotatable bonds is 4. The van der Waals surface area contributed by atoms with Gasteiger partial charge in [0.2, 0.25) is 0 Å². The first-order valence-corrected chi connectivity index (χ1v) is 9.15. The van der Waals surface area contributed by atoms with Gasteiger partial charge in [0.05, 0.1) is 18.4 Å². The predicted molar refractivity (Wildman–Crippen MR) is 112 cm³/mol. The van der Waals surface area contributed by atoms with E-state index in [0.29, 0.717) is 18.2 Å². The van der Waals surface area contributed by atoms with Gasteiger partial charge in [-0.05, 0) is 57.0 Å². The largest absolute Gasteiger partial charge is 0.467 e. The SMILES string of the molecule is CC1Cc2ccccc2N1Cc1occc1C(=O)NC1CCNCC1.Cl.Cl. The zero-order chi connectivity index (χ0) is 17.2. The minimum Gasteiger partial charge on any atom is -0.467 e. The number of carbonyl (C=O) groups excluding carboxylic acids is 1. The van der Waals surface area contributed by atoms with Gasteiger partial charge in [-0.15, -0.1) is 24.8 Å². The molecule has 2 N–H and O–H groups in total. The summed E-state index contributed by atoms with van der Waals surface area (Å²) in [6, 6.07) is 10.9. The lowest BCUT2D eigenvalue weighted by Gasteiger charge is -2.25. The van der Waals surface area contributed by atoms with Crippen molar-refractivity contribution < 1.29 is 9.21 Å². The summed E-state index contributed by atoms with van der Waals surface area (Å²) in [6.07, 6.45) is 4.62. The Bertz CT molecular complexity index is 759. The van der Waals surface area contributed by atoms with E-state index in [1.54, 1.807) is 12.3 Å². The Labute approximate surface area is 172 Å². The van der Waals surface area contributed by atoms with Crippen molar-refractivity contribution in [2.75, 3.05) is 18.0 Å². The maximum atomic E-state index is 12.7. The van der Waals surface area contributed by atoms with Gasteiger partial charge in [-0.25, -0.2) is 0 Å². The van der Waals surface area contributed by atoms with E-state index in [1.165, 1.54) is 11.3 Å². The molecule has 1 unspecified atom stereocenters. The molecule has 2 aromatic rings. The van der Waals surface area contributed by atoms with Crippen molar-refractivity contribution in [1.29, 1.82) is 0 Å². The molecule has 0 radical (unpaired) electrons. The van der Waals surface area contributed by atoms with Crippen molar-refractivity contribution >= 4 is 36.4 Å². The number of hydrogen-bond acceptors (Lipinski definition) is 4. The lowest BCUT2D eigenvalue weighted by Crippen LogP contribution is -2.43. The fraction of sp³-hybridized carbons (Fsp3) is 0.450. The van der Waals surface area contributed by atoms with E-state index < -0.39 is 0 Å². The third kappa shape index (κ3) is 4.60. The first kappa shape index (κ1) is 21.6. The second kappa shape index (κ2) is 9.49. The molecule has 3 heterocycles. The minimum absolute atomic E-state index is 0. The Morgan fingerprint density at radius 3 is 2.74 bits per heavy atom. The van der Waals surface area contributed by atoms with Crippen LogP contribution in [0.4, 0.5) is 5.69 Å². The number of nitrogens with one attached hydrogen (secondary N) is 2. The van der Waals surface area contributed by atoms with E-state index in [4.69, 9.17) is 4.42 Å². The summed E-state index contributed by atoms with van der Waals surface area (Å²) in [5, 5.41) is 6.48. The number of piperidine rings is 1. The maximum Gasteiger partial charge on any atom is 0.255 e.